The maximum absolute atomic E-state index is 13.3. The largest absolute Gasteiger partial charge is 0.423 e. The lowest BCUT2D eigenvalue weighted by atomic mass is 9.57. The number of fused-ring (bicyclic) bond motifs is 2. The van der Waals surface area contributed by atoms with Gasteiger partial charge < -0.3 is 19.7 Å². The molecule has 6 aliphatic rings. The van der Waals surface area contributed by atoms with Gasteiger partial charge in [0, 0.05) is 50.3 Å². The summed E-state index contributed by atoms with van der Waals surface area (Å²) in [4.78, 5) is 39.0. The SMILES string of the molecule is C[C@H]1[C@@H](CCCN2CCN(CC(=O)Nc3ccc([N+](=O)[O-])c(C(F)(F)F)c3)CC2)O[C@@H]2OC3(C)CCC4[C@H](C)CC[C@@H]1C42OO3. The van der Waals surface area contributed by atoms with E-state index in [1.165, 1.54) is 6.42 Å². The number of ether oxygens (including phenoxy) is 2. The number of carbonyl (C=O) groups excluding carboxylic acids is 1. The Morgan fingerprint density at radius 2 is 1.82 bits per heavy atom. The van der Waals surface area contributed by atoms with Crippen molar-refractivity contribution in [2.24, 2.45) is 23.7 Å². The Balaban J connectivity index is 0.971. The number of hydrogen-bond donors (Lipinski definition) is 1. The van der Waals surface area contributed by atoms with Gasteiger partial charge in [0.15, 0.2) is 11.9 Å². The van der Waals surface area contributed by atoms with Gasteiger partial charge in [0.05, 0.1) is 17.6 Å². The van der Waals surface area contributed by atoms with Crippen molar-refractivity contribution in [3.8, 4) is 0 Å². The Morgan fingerprint density at radius 1 is 1.09 bits per heavy atom. The van der Waals surface area contributed by atoms with Crippen LogP contribution < -0.4 is 5.32 Å². The fourth-order valence-electron chi connectivity index (χ4n) is 8.40. The van der Waals surface area contributed by atoms with Crippen molar-refractivity contribution in [1.29, 1.82) is 0 Å². The van der Waals surface area contributed by atoms with Crippen LogP contribution in [0.15, 0.2) is 18.2 Å². The van der Waals surface area contributed by atoms with Gasteiger partial charge in [-0.15, -0.1) is 0 Å². The predicted molar refractivity (Wildman–Crippen MR) is 156 cm³/mol. The lowest BCUT2D eigenvalue weighted by molar-refractivity contribution is -0.571. The second-order valence-electron chi connectivity index (χ2n) is 13.7. The zero-order valence-electron chi connectivity index (χ0n) is 26.0. The third kappa shape index (κ3) is 6.33. The van der Waals surface area contributed by atoms with Crippen molar-refractivity contribution >= 4 is 17.3 Å². The number of amides is 1. The Labute approximate surface area is 260 Å². The van der Waals surface area contributed by atoms with E-state index in [-0.39, 0.29) is 18.3 Å². The topological polar surface area (TPSA) is 116 Å². The molecular weight excluding hydrogens is 597 g/mol. The summed E-state index contributed by atoms with van der Waals surface area (Å²) in [5, 5.41) is 13.4. The van der Waals surface area contributed by atoms with Gasteiger partial charge in [-0.05, 0) is 75.5 Å². The van der Waals surface area contributed by atoms with Crippen LogP contribution in [0.3, 0.4) is 0 Å². The standard InChI is InChI=1S/C31H43F3N4O7/c1-19-6-8-23-20(2)26(42-28-30(23)22(19)10-11-29(3,43-28)44-45-30)5-4-12-36-13-15-37(16-14-36)18-27(39)35-21-7-9-25(38(40)41)24(17-21)31(32,33)34/h7,9,17,19-20,22-23,26,28H,4-6,8,10-16,18H2,1-3H3,(H,35,39)/t19-,20-,22?,23+,26-,28-,29?,30?/m1/s1. The van der Waals surface area contributed by atoms with Gasteiger partial charge in [-0.25, -0.2) is 9.78 Å². The molecule has 0 aromatic heterocycles. The predicted octanol–water partition coefficient (Wildman–Crippen LogP) is 5.20. The molecule has 250 valence electrons. The molecule has 1 aromatic rings. The number of nitro benzene ring substituents is 1. The average molecular weight is 641 g/mol. The number of rotatable bonds is 8. The summed E-state index contributed by atoms with van der Waals surface area (Å²) >= 11 is 0. The number of nitrogens with one attached hydrogen (secondary N) is 1. The van der Waals surface area contributed by atoms with Gasteiger partial charge in [0.1, 0.15) is 5.56 Å². The van der Waals surface area contributed by atoms with Gasteiger partial charge in [-0.2, -0.15) is 13.2 Å². The molecule has 5 saturated heterocycles. The van der Waals surface area contributed by atoms with E-state index in [0.29, 0.717) is 42.8 Å². The molecule has 6 fully saturated rings. The normalized spacial score (nSPS) is 37.1. The maximum atomic E-state index is 13.3. The number of piperazine rings is 1. The number of halogens is 3. The number of hydrogen-bond acceptors (Lipinski definition) is 9. The van der Waals surface area contributed by atoms with Gasteiger partial charge in [0.2, 0.25) is 11.7 Å². The number of nitrogens with zero attached hydrogens (tertiary/aromatic N) is 3. The molecule has 1 aromatic carbocycles. The summed E-state index contributed by atoms with van der Waals surface area (Å²) in [6.07, 6.45) is 0.625. The van der Waals surface area contributed by atoms with E-state index in [1.807, 2.05) is 11.8 Å². The Morgan fingerprint density at radius 3 is 2.53 bits per heavy atom. The Kier molecular flexibility index (Phi) is 8.94. The number of benzene rings is 1. The molecule has 1 N–H and O–H groups in total. The minimum Gasteiger partial charge on any atom is -0.346 e. The molecule has 1 spiro atoms. The number of alkyl halides is 3. The van der Waals surface area contributed by atoms with Crippen LogP contribution in [0.1, 0.15) is 64.9 Å². The van der Waals surface area contributed by atoms with Gasteiger partial charge in [-0.3, -0.25) is 19.8 Å². The van der Waals surface area contributed by atoms with Crippen molar-refractivity contribution in [3.63, 3.8) is 0 Å². The van der Waals surface area contributed by atoms with Crippen molar-refractivity contribution in [2.75, 3.05) is 44.6 Å². The van der Waals surface area contributed by atoms with Gasteiger partial charge in [-0.1, -0.05) is 13.8 Å². The summed E-state index contributed by atoms with van der Waals surface area (Å²) in [6, 6.07) is 2.47. The van der Waals surface area contributed by atoms with Crippen molar-refractivity contribution in [3.05, 3.63) is 33.9 Å². The highest BCUT2D eigenvalue weighted by molar-refractivity contribution is 5.92. The zero-order valence-corrected chi connectivity index (χ0v) is 26.0. The zero-order chi connectivity index (χ0) is 32.1. The fraction of sp³-hybridized carbons (Fsp3) is 0.774. The number of anilines is 1. The van der Waals surface area contributed by atoms with E-state index in [9.17, 15) is 28.1 Å². The second kappa shape index (κ2) is 12.3. The molecule has 45 heavy (non-hydrogen) atoms. The molecule has 14 heteroatoms. The first-order chi connectivity index (χ1) is 21.3. The van der Waals surface area contributed by atoms with Crippen molar-refractivity contribution in [1.82, 2.24) is 9.80 Å². The molecule has 8 atom stereocenters. The smallest absolute Gasteiger partial charge is 0.346 e. The first kappa shape index (κ1) is 32.6. The van der Waals surface area contributed by atoms with Crippen LogP contribution in [-0.2, 0) is 30.2 Å². The molecule has 0 radical (unpaired) electrons. The third-order valence-corrected chi connectivity index (χ3v) is 10.9. The minimum absolute atomic E-state index is 0.0223. The minimum atomic E-state index is -4.91. The van der Waals surface area contributed by atoms with E-state index in [0.717, 1.165) is 63.9 Å². The van der Waals surface area contributed by atoms with Crippen LogP contribution in [-0.4, -0.2) is 83.7 Å². The van der Waals surface area contributed by atoms with Crippen molar-refractivity contribution in [2.45, 2.75) is 89.3 Å². The van der Waals surface area contributed by atoms with Gasteiger partial charge in [0.25, 0.3) is 5.69 Å². The fourth-order valence-corrected chi connectivity index (χ4v) is 8.40. The van der Waals surface area contributed by atoms with Crippen LogP contribution >= 0.6 is 0 Å². The molecule has 1 aliphatic carbocycles. The number of carbonyl (C=O) groups is 1. The summed E-state index contributed by atoms with van der Waals surface area (Å²) in [6.45, 7) is 10.3. The molecular formula is C31H43F3N4O7. The summed E-state index contributed by atoms with van der Waals surface area (Å²) in [5.41, 5.74) is -3.12. The Hall–Kier alpha value is -2.36. The van der Waals surface area contributed by atoms with Crippen molar-refractivity contribution < 1.29 is 42.1 Å². The average Bonchev–Trinajstić information content (AvgIpc) is 3.21. The monoisotopic (exact) mass is 640 g/mol. The highest BCUT2D eigenvalue weighted by Crippen LogP contribution is 2.60. The first-order valence-corrected chi connectivity index (χ1v) is 16.1. The van der Waals surface area contributed by atoms with E-state index in [4.69, 9.17) is 19.2 Å². The highest BCUT2D eigenvalue weighted by Gasteiger charge is 2.69. The van der Waals surface area contributed by atoms with Gasteiger partial charge >= 0.3 is 6.18 Å². The van der Waals surface area contributed by atoms with Crippen LogP contribution in [0.5, 0.6) is 0 Å². The van der Waals surface area contributed by atoms with Crippen LogP contribution in [0, 0.1) is 33.8 Å². The first-order valence-electron chi connectivity index (χ1n) is 16.1. The lowest BCUT2D eigenvalue weighted by Gasteiger charge is -2.60. The molecule has 2 bridgehead atoms. The van der Waals surface area contributed by atoms with Crippen LogP contribution in [0.4, 0.5) is 24.5 Å². The Bertz CT molecular complexity index is 1280. The van der Waals surface area contributed by atoms with E-state index in [1.54, 1.807) is 0 Å². The van der Waals surface area contributed by atoms with E-state index >= 15 is 0 Å². The summed E-state index contributed by atoms with van der Waals surface area (Å²) < 4.78 is 53.0. The van der Waals surface area contributed by atoms with E-state index < -0.39 is 45.9 Å². The van der Waals surface area contributed by atoms with Crippen LogP contribution in [0.2, 0.25) is 0 Å². The lowest BCUT2D eigenvalue weighted by Crippen LogP contribution is -2.70. The molecule has 5 heterocycles. The maximum Gasteiger partial charge on any atom is 0.423 e. The molecule has 7 rings (SSSR count). The molecule has 1 saturated carbocycles. The van der Waals surface area contributed by atoms with Crippen LogP contribution in [0.25, 0.3) is 0 Å². The number of nitro groups is 1. The van der Waals surface area contributed by atoms with E-state index in [2.05, 4.69) is 24.1 Å². The second-order valence-corrected chi connectivity index (χ2v) is 13.7. The third-order valence-electron chi connectivity index (χ3n) is 10.9. The molecule has 3 unspecified atom stereocenters. The summed E-state index contributed by atoms with van der Waals surface area (Å²) in [5.74, 6) is 0.239. The summed E-state index contributed by atoms with van der Waals surface area (Å²) in [7, 11) is 0. The quantitative estimate of drug-likeness (QED) is 0.233. The molecule has 1 amide bonds. The molecule has 11 nitrogen and oxygen atoms in total. The molecule has 5 aliphatic heterocycles. The highest BCUT2D eigenvalue weighted by atomic mass is 19.4.